The van der Waals surface area contributed by atoms with Crippen molar-refractivity contribution in [2.45, 2.75) is 33.1 Å². The molecule has 0 bridgehead atoms. The van der Waals surface area contributed by atoms with E-state index >= 15 is 0 Å². The molecule has 0 atom stereocenters. The second-order valence-electron chi connectivity index (χ2n) is 4.12. The topological polar surface area (TPSA) is 0 Å². The van der Waals surface area contributed by atoms with E-state index in [1.807, 2.05) is 0 Å². The van der Waals surface area contributed by atoms with Gasteiger partial charge in [0.15, 0.2) is 0 Å². The molecule has 0 unspecified atom stereocenters. The summed E-state index contributed by atoms with van der Waals surface area (Å²) in [5.74, 6) is 0.896. The van der Waals surface area contributed by atoms with Gasteiger partial charge in [0.1, 0.15) is 0 Å². The Balaban J connectivity index is 2.31. The largest absolute Gasteiger partial charge is 0.0952 e. The molecule has 0 heterocycles. The van der Waals surface area contributed by atoms with Gasteiger partial charge in [0.05, 0.1) is 0 Å². The third-order valence-electron chi connectivity index (χ3n) is 2.92. The molecule has 0 nitrogen and oxygen atoms in total. The van der Waals surface area contributed by atoms with E-state index in [1.165, 1.54) is 24.0 Å². The van der Waals surface area contributed by atoms with E-state index < -0.39 is 0 Å². The van der Waals surface area contributed by atoms with Gasteiger partial charge < -0.3 is 0 Å². The minimum Gasteiger partial charge on any atom is -0.0952 e. The second-order valence-corrected chi connectivity index (χ2v) is 4.12. The molecule has 0 amide bonds. The zero-order valence-corrected chi connectivity index (χ0v) is 7.98. The van der Waals surface area contributed by atoms with Gasteiger partial charge >= 0.3 is 0 Å². The van der Waals surface area contributed by atoms with E-state index in [4.69, 9.17) is 0 Å². The minimum atomic E-state index is 0.896. The van der Waals surface area contributed by atoms with Crippen molar-refractivity contribution in [1.29, 1.82) is 0 Å². The predicted molar refractivity (Wildman–Crippen MR) is 52.9 cm³/mol. The van der Waals surface area contributed by atoms with Gasteiger partial charge in [-0.2, -0.15) is 0 Å². The molecule has 0 saturated heterocycles. The van der Waals surface area contributed by atoms with Crippen molar-refractivity contribution in [2.75, 3.05) is 0 Å². The summed E-state index contributed by atoms with van der Waals surface area (Å²) in [4.78, 5) is 0. The molecule has 64 valence electrons. The lowest BCUT2D eigenvalue weighted by molar-refractivity contribution is 0.948. The highest BCUT2D eigenvalue weighted by molar-refractivity contribution is 5.46. The van der Waals surface area contributed by atoms with Crippen LogP contribution in [0.3, 0.4) is 0 Å². The Labute approximate surface area is 74.7 Å². The Hall–Kier alpha value is -0.780. The maximum atomic E-state index is 4.06. The Morgan fingerprint density at radius 3 is 2.58 bits per heavy atom. The molecule has 12 heavy (non-hydrogen) atoms. The first-order chi connectivity index (χ1) is 5.68. The van der Waals surface area contributed by atoms with Crippen LogP contribution in [0, 0.1) is 5.92 Å². The lowest BCUT2D eigenvalue weighted by Gasteiger charge is -2.17. The van der Waals surface area contributed by atoms with Crippen molar-refractivity contribution >= 4 is 0 Å². The van der Waals surface area contributed by atoms with Gasteiger partial charge in [-0.15, -0.1) is 0 Å². The first-order valence-electron chi connectivity index (χ1n) is 4.74. The fourth-order valence-corrected chi connectivity index (χ4v) is 1.88. The normalized spacial score (nSPS) is 24.5. The van der Waals surface area contributed by atoms with Crippen molar-refractivity contribution in [3.63, 3.8) is 0 Å². The zero-order valence-electron chi connectivity index (χ0n) is 7.98. The number of rotatable bonds is 1. The summed E-state index contributed by atoms with van der Waals surface area (Å²) in [6.07, 6.45) is 6.26. The lowest BCUT2D eigenvalue weighted by Crippen LogP contribution is -1.99. The van der Waals surface area contributed by atoms with Crippen LogP contribution in [0.15, 0.2) is 34.9 Å². The maximum Gasteiger partial charge on any atom is -0.00672 e. The molecule has 0 radical (unpaired) electrons. The van der Waals surface area contributed by atoms with Gasteiger partial charge in [0.25, 0.3) is 0 Å². The van der Waals surface area contributed by atoms with Crippen molar-refractivity contribution < 1.29 is 0 Å². The molecule has 2 rings (SSSR count). The second kappa shape index (κ2) is 2.62. The molecular formula is C12H16. The number of hydrogen-bond acceptors (Lipinski definition) is 0. The van der Waals surface area contributed by atoms with E-state index in [1.54, 1.807) is 11.1 Å². The first kappa shape index (κ1) is 7.85. The lowest BCUT2D eigenvalue weighted by atomic mass is 9.88. The van der Waals surface area contributed by atoms with E-state index in [0.29, 0.717) is 0 Å². The average molecular weight is 160 g/mol. The van der Waals surface area contributed by atoms with Crippen LogP contribution in [0.4, 0.5) is 0 Å². The SMILES string of the molecule is C=C1CC(C)=C(C2CC2)C=C1C. The minimum absolute atomic E-state index is 0.896. The molecule has 0 heteroatoms. The molecule has 0 aromatic rings. The Morgan fingerprint density at radius 2 is 2.00 bits per heavy atom. The summed E-state index contributed by atoms with van der Waals surface area (Å²) in [7, 11) is 0. The quantitative estimate of drug-likeness (QED) is 0.549. The zero-order chi connectivity index (χ0) is 8.72. The van der Waals surface area contributed by atoms with Crippen LogP contribution in [-0.4, -0.2) is 0 Å². The smallest absolute Gasteiger partial charge is 0.00672 e. The maximum absolute atomic E-state index is 4.06. The van der Waals surface area contributed by atoms with Crippen LogP contribution < -0.4 is 0 Å². The van der Waals surface area contributed by atoms with Gasteiger partial charge in [-0.3, -0.25) is 0 Å². The molecule has 2 aliphatic rings. The van der Waals surface area contributed by atoms with Crippen molar-refractivity contribution in [3.8, 4) is 0 Å². The van der Waals surface area contributed by atoms with Crippen molar-refractivity contribution in [2.24, 2.45) is 5.92 Å². The van der Waals surface area contributed by atoms with Crippen LogP contribution in [0.1, 0.15) is 33.1 Å². The highest BCUT2D eigenvalue weighted by Crippen LogP contribution is 2.42. The van der Waals surface area contributed by atoms with E-state index in [9.17, 15) is 0 Å². The van der Waals surface area contributed by atoms with E-state index in [-0.39, 0.29) is 0 Å². The van der Waals surface area contributed by atoms with Crippen molar-refractivity contribution in [3.05, 3.63) is 34.9 Å². The number of hydrogen-bond donors (Lipinski definition) is 0. The Morgan fingerprint density at radius 1 is 1.33 bits per heavy atom. The summed E-state index contributed by atoms with van der Waals surface area (Å²) in [6, 6.07) is 0. The number of allylic oxidation sites excluding steroid dienone is 5. The van der Waals surface area contributed by atoms with E-state index in [0.717, 1.165) is 12.3 Å². The predicted octanol–water partition coefficient (Wildman–Crippen LogP) is 3.62. The molecule has 0 aliphatic heterocycles. The van der Waals surface area contributed by atoms with Crippen LogP contribution >= 0.6 is 0 Å². The Bertz CT molecular complexity index is 285. The van der Waals surface area contributed by atoms with Crippen LogP contribution in [0.5, 0.6) is 0 Å². The third-order valence-corrected chi connectivity index (χ3v) is 2.92. The molecular weight excluding hydrogens is 144 g/mol. The van der Waals surface area contributed by atoms with E-state index in [2.05, 4.69) is 26.5 Å². The summed E-state index contributed by atoms with van der Waals surface area (Å²) in [6.45, 7) is 8.49. The molecule has 0 aromatic carbocycles. The molecule has 0 N–H and O–H groups in total. The van der Waals surface area contributed by atoms with Gasteiger partial charge in [0, 0.05) is 0 Å². The fraction of sp³-hybridized carbons (Fsp3) is 0.500. The standard InChI is InChI=1S/C12H16/c1-8-6-10(3)12(7-9(8)2)11-4-5-11/h7,11H,1,4-6H2,2-3H3. The molecule has 0 aromatic heterocycles. The van der Waals surface area contributed by atoms with Crippen LogP contribution in [0.25, 0.3) is 0 Å². The van der Waals surface area contributed by atoms with Crippen LogP contribution in [-0.2, 0) is 0 Å². The molecule has 0 spiro atoms. The molecule has 1 fully saturated rings. The summed E-state index contributed by atoms with van der Waals surface area (Å²) < 4.78 is 0. The van der Waals surface area contributed by atoms with Crippen LogP contribution in [0.2, 0.25) is 0 Å². The third kappa shape index (κ3) is 1.26. The van der Waals surface area contributed by atoms with Gasteiger partial charge in [-0.05, 0) is 55.7 Å². The monoisotopic (exact) mass is 160 g/mol. The summed E-state index contributed by atoms with van der Waals surface area (Å²) in [5.41, 5.74) is 5.85. The van der Waals surface area contributed by atoms with Crippen molar-refractivity contribution in [1.82, 2.24) is 0 Å². The first-order valence-corrected chi connectivity index (χ1v) is 4.74. The van der Waals surface area contributed by atoms with Gasteiger partial charge in [-0.1, -0.05) is 18.2 Å². The fourth-order valence-electron chi connectivity index (χ4n) is 1.88. The summed E-state index contributed by atoms with van der Waals surface area (Å²) in [5, 5.41) is 0. The molecule has 2 aliphatic carbocycles. The summed E-state index contributed by atoms with van der Waals surface area (Å²) >= 11 is 0. The highest BCUT2D eigenvalue weighted by atomic mass is 14.3. The van der Waals surface area contributed by atoms with Gasteiger partial charge in [-0.25, -0.2) is 0 Å². The Kier molecular flexibility index (Phi) is 1.71. The van der Waals surface area contributed by atoms with Gasteiger partial charge in [0.2, 0.25) is 0 Å². The highest BCUT2D eigenvalue weighted by Gasteiger charge is 2.27. The average Bonchev–Trinajstić information content (AvgIpc) is 2.79. The molecule has 1 saturated carbocycles.